The number of hydrogen-bond donors (Lipinski definition) is 3. The van der Waals surface area contributed by atoms with Crippen LogP contribution in [0.3, 0.4) is 0 Å². The lowest BCUT2D eigenvalue weighted by molar-refractivity contribution is 0.101. The molecule has 3 N–H and O–H groups in total. The van der Waals surface area contributed by atoms with E-state index in [1.807, 2.05) is 36.4 Å². The molecule has 2 aromatic heterocycles. The smallest absolute Gasteiger partial charge is 0.257 e. The van der Waals surface area contributed by atoms with Crippen LogP contribution in [-0.4, -0.2) is 26.8 Å². The third-order valence-corrected chi connectivity index (χ3v) is 5.44. The molecule has 166 valence electrons. The van der Waals surface area contributed by atoms with Gasteiger partial charge in [0.15, 0.2) is 0 Å². The lowest BCUT2D eigenvalue weighted by Gasteiger charge is -2.06. The van der Waals surface area contributed by atoms with Crippen LogP contribution in [0.25, 0.3) is 22.4 Å². The molecule has 0 bridgehead atoms. The van der Waals surface area contributed by atoms with Crippen LogP contribution in [0.2, 0.25) is 5.02 Å². The number of fused-ring (bicyclic) bond motifs is 1. The van der Waals surface area contributed by atoms with E-state index in [4.69, 9.17) is 11.6 Å². The fourth-order valence-electron chi connectivity index (χ4n) is 3.44. The summed E-state index contributed by atoms with van der Waals surface area (Å²) in [6.07, 6.45) is 3.14. The molecule has 2 amide bonds. The topological polar surface area (TPSA) is 99.8 Å². The van der Waals surface area contributed by atoms with Crippen molar-refractivity contribution in [1.82, 2.24) is 15.0 Å². The molecule has 34 heavy (non-hydrogen) atoms. The van der Waals surface area contributed by atoms with Crippen molar-refractivity contribution >= 4 is 45.8 Å². The molecule has 0 fully saturated rings. The first-order valence-corrected chi connectivity index (χ1v) is 10.8. The summed E-state index contributed by atoms with van der Waals surface area (Å²) in [6, 6.07) is 23.0. The lowest BCUT2D eigenvalue weighted by Crippen LogP contribution is -2.11. The van der Waals surface area contributed by atoms with Gasteiger partial charge in [-0.15, -0.1) is 0 Å². The van der Waals surface area contributed by atoms with E-state index in [0.717, 1.165) is 16.6 Å². The van der Waals surface area contributed by atoms with E-state index in [1.54, 1.807) is 48.7 Å². The first-order chi connectivity index (χ1) is 16.5. The highest BCUT2D eigenvalue weighted by atomic mass is 35.5. The summed E-state index contributed by atoms with van der Waals surface area (Å²) in [4.78, 5) is 36.6. The molecule has 0 saturated heterocycles. The number of benzene rings is 3. The summed E-state index contributed by atoms with van der Waals surface area (Å²) in [5.41, 5.74) is 4.75. The van der Waals surface area contributed by atoms with Crippen LogP contribution < -0.4 is 10.6 Å². The molecule has 7 nitrogen and oxygen atoms in total. The zero-order valence-electron chi connectivity index (χ0n) is 17.7. The fraction of sp³-hybridized carbons (Fsp3) is 0. The van der Waals surface area contributed by atoms with Gasteiger partial charge in [0.1, 0.15) is 5.82 Å². The van der Waals surface area contributed by atoms with Crippen LogP contribution in [0.1, 0.15) is 20.7 Å². The molecule has 0 aliphatic rings. The molecule has 8 heteroatoms. The molecule has 0 spiro atoms. The second-order valence-electron chi connectivity index (χ2n) is 7.55. The Morgan fingerprint density at radius 3 is 2.24 bits per heavy atom. The molecule has 0 aliphatic carbocycles. The van der Waals surface area contributed by atoms with Crippen LogP contribution in [0.15, 0.2) is 91.3 Å². The van der Waals surface area contributed by atoms with Crippen LogP contribution in [0.5, 0.6) is 0 Å². The van der Waals surface area contributed by atoms with E-state index < -0.39 is 0 Å². The Bertz CT molecular complexity index is 1480. The summed E-state index contributed by atoms with van der Waals surface area (Å²) >= 11 is 5.88. The average molecular weight is 468 g/mol. The van der Waals surface area contributed by atoms with E-state index in [0.29, 0.717) is 33.3 Å². The minimum atomic E-state index is -0.233. The number of amides is 2. The van der Waals surface area contributed by atoms with Gasteiger partial charge in [-0.3, -0.25) is 14.6 Å². The van der Waals surface area contributed by atoms with Gasteiger partial charge in [0, 0.05) is 39.9 Å². The van der Waals surface area contributed by atoms with Crippen LogP contribution >= 0.6 is 11.6 Å². The van der Waals surface area contributed by atoms with Gasteiger partial charge in [0.2, 0.25) is 0 Å². The molecular weight excluding hydrogens is 450 g/mol. The second-order valence-corrected chi connectivity index (χ2v) is 7.99. The highest BCUT2D eigenvalue weighted by Crippen LogP contribution is 2.24. The predicted molar refractivity (Wildman–Crippen MR) is 133 cm³/mol. The maximum atomic E-state index is 12.4. The van der Waals surface area contributed by atoms with Gasteiger partial charge < -0.3 is 15.6 Å². The van der Waals surface area contributed by atoms with Gasteiger partial charge in [-0.25, -0.2) is 4.98 Å². The van der Waals surface area contributed by atoms with Gasteiger partial charge in [-0.05, 0) is 78.9 Å². The SMILES string of the molecule is O=C(Nc1ccc(-c2nc3ccc(NC(=O)c4cccnc4)cc3[nH]2)cc1)c1ccc(Cl)cc1. The van der Waals surface area contributed by atoms with Crippen molar-refractivity contribution in [2.75, 3.05) is 10.6 Å². The largest absolute Gasteiger partial charge is 0.338 e. The molecular formula is C26H18ClN5O2. The normalized spacial score (nSPS) is 10.7. The van der Waals surface area contributed by atoms with Crippen molar-refractivity contribution in [2.24, 2.45) is 0 Å². The number of pyridine rings is 1. The minimum Gasteiger partial charge on any atom is -0.338 e. The number of hydrogen-bond acceptors (Lipinski definition) is 4. The Hall–Kier alpha value is -4.49. The van der Waals surface area contributed by atoms with Crippen LogP contribution in [0.4, 0.5) is 11.4 Å². The number of carbonyl (C=O) groups excluding carboxylic acids is 2. The second kappa shape index (κ2) is 9.17. The summed E-state index contributed by atoms with van der Waals surface area (Å²) < 4.78 is 0. The van der Waals surface area contributed by atoms with Crippen molar-refractivity contribution in [3.63, 3.8) is 0 Å². The number of carbonyl (C=O) groups is 2. The summed E-state index contributed by atoms with van der Waals surface area (Å²) in [7, 11) is 0. The molecule has 2 heterocycles. The number of imidazole rings is 1. The molecule has 0 aliphatic heterocycles. The van der Waals surface area contributed by atoms with E-state index in [9.17, 15) is 9.59 Å². The number of halogens is 1. The summed E-state index contributed by atoms with van der Waals surface area (Å²) in [6.45, 7) is 0. The number of aromatic amines is 1. The third kappa shape index (κ3) is 4.65. The number of rotatable bonds is 5. The number of anilines is 2. The van der Waals surface area contributed by atoms with Crippen molar-refractivity contribution in [3.05, 3.63) is 107 Å². The Kier molecular flexibility index (Phi) is 5.76. The van der Waals surface area contributed by atoms with Crippen molar-refractivity contribution in [2.45, 2.75) is 0 Å². The van der Waals surface area contributed by atoms with Crippen molar-refractivity contribution in [1.29, 1.82) is 0 Å². The Morgan fingerprint density at radius 2 is 1.50 bits per heavy atom. The summed E-state index contributed by atoms with van der Waals surface area (Å²) in [5, 5.41) is 6.31. The maximum absolute atomic E-state index is 12.4. The molecule has 0 unspecified atom stereocenters. The van der Waals surface area contributed by atoms with Crippen LogP contribution in [0, 0.1) is 0 Å². The first kappa shape index (κ1) is 21.4. The number of nitrogens with one attached hydrogen (secondary N) is 3. The van der Waals surface area contributed by atoms with E-state index >= 15 is 0 Å². The molecule has 5 rings (SSSR count). The third-order valence-electron chi connectivity index (χ3n) is 5.19. The van der Waals surface area contributed by atoms with E-state index in [2.05, 4.69) is 25.6 Å². The zero-order valence-corrected chi connectivity index (χ0v) is 18.5. The highest BCUT2D eigenvalue weighted by Gasteiger charge is 2.10. The molecule has 3 aromatic carbocycles. The van der Waals surface area contributed by atoms with Gasteiger partial charge in [0.05, 0.1) is 16.6 Å². The standard InChI is InChI=1S/C26H18ClN5O2/c27-19-7-3-17(4-8-19)25(33)29-20-9-5-16(6-10-20)24-31-22-12-11-21(14-23(22)32-24)30-26(34)18-2-1-13-28-15-18/h1-15H,(H,29,33)(H,30,34)(H,31,32). The fourth-order valence-corrected chi connectivity index (χ4v) is 3.57. The van der Waals surface area contributed by atoms with Crippen molar-refractivity contribution in [3.8, 4) is 11.4 Å². The zero-order chi connectivity index (χ0) is 23.5. The molecule has 0 saturated carbocycles. The number of H-pyrrole nitrogens is 1. The monoisotopic (exact) mass is 467 g/mol. The van der Waals surface area contributed by atoms with E-state index in [-0.39, 0.29) is 11.8 Å². The molecule has 5 aromatic rings. The quantitative estimate of drug-likeness (QED) is 0.305. The van der Waals surface area contributed by atoms with Crippen LogP contribution in [-0.2, 0) is 0 Å². The number of aromatic nitrogens is 3. The van der Waals surface area contributed by atoms with Crippen molar-refractivity contribution < 1.29 is 9.59 Å². The lowest BCUT2D eigenvalue weighted by atomic mass is 10.1. The summed E-state index contributed by atoms with van der Waals surface area (Å²) in [5.74, 6) is 0.235. The van der Waals surface area contributed by atoms with E-state index in [1.165, 1.54) is 6.20 Å². The Labute approximate surface area is 199 Å². The molecule has 0 atom stereocenters. The average Bonchev–Trinajstić information content (AvgIpc) is 3.29. The van der Waals surface area contributed by atoms with Gasteiger partial charge in [-0.2, -0.15) is 0 Å². The Morgan fingerprint density at radius 1 is 0.794 bits per heavy atom. The first-order valence-electron chi connectivity index (χ1n) is 10.4. The van der Waals surface area contributed by atoms with Gasteiger partial charge in [0.25, 0.3) is 11.8 Å². The van der Waals surface area contributed by atoms with Gasteiger partial charge in [-0.1, -0.05) is 11.6 Å². The highest BCUT2D eigenvalue weighted by molar-refractivity contribution is 6.30. The van der Waals surface area contributed by atoms with Gasteiger partial charge >= 0.3 is 0 Å². The number of nitrogens with zero attached hydrogens (tertiary/aromatic N) is 2. The Balaban J connectivity index is 1.30. The predicted octanol–water partition coefficient (Wildman–Crippen LogP) is 5.78. The maximum Gasteiger partial charge on any atom is 0.257 e. The molecule has 0 radical (unpaired) electrons. The minimum absolute atomic E-state index is 0.214.